The lowest BCUT2D eigenvalue weighted by Crippen LogP contribution is -2.25. The number of benzene rings is 1. The fourth-order valence-electron chi connectivity index (χ4n) is 1.87. The van der Waals surface area contributed by atoms with E-state index >= 15 is 0 Å². The minimum Gasteiger partial charge on any atom is -0.370 e. The molecule has 0 radical (unpaired) electrons. The number of rotatable bonds is 7. The average molecular weight is 284 g/mol. The molecule has 0 spiro atoms. The first kappa shape index (κ1) is 15.0. The summed E-state index contributed by atoms with van der Waals surface area (Å²) in [4.78, 5) is 16.1. The third kappa shape index (κ3) is 4.89. The Kier molecular flexibility index (Phi) is 5.72. The lowest BCUT2D eigenvalue weighted by molar-refractivity contribution is 0.0953. The summed E-state index contributed by atoms with van der Waals surface area (Å²) in [6.07, 6.45) is 2.58. The quantitative estimate of drug-likeness (QED) is 0.677. The Morgan fingerprint density at radius 1 is 1.10 bits per heavy atom. The van der Waals surface area contributed by atoms with E-state index in [0.29, 0.717) is 18.7 Å². The van der Waals surface area contributed by atoms with Crippen LogP contribution in [0.2, 0.25) is 0 Å². The summed E-state index contributed by atoms with van der Waals surface area (Å²) in [5, 5.41) is 6.09. The Labute approximate surface area is 124 Å². The maximum absolute atomic E-state index is 11.9. The van der Waals surface area contributed by atoms with Crippen molar-refractivity contribution < 1.29 is 4.79 Å². The van der Waals surface area contributed by atoms with E-state index in [0.717, 1.165) is 24.3 Å². The van der Waals surface area contributed by atoms with Gasteiger partial charge in [0.1, 0.15) is 5.82 Å². The number of amides is 1. The van der Waals surface area contributed by atoms with Crippen LogP contribution >= 0.6 is 0 Å². The van der Waals surface area contributed by atoms with Gasteiger partial charge in [-0.2, -0.15) is 0 Å². The third-order valence-electron chi connectivity index (χ3n) is 3.06. The van der Waals surface area contributed by atoms with E-state index in [4.69, 9.17) is 5.73 Å². The second-order valence-electron chi connectivity index (χ2n) is 4.65. The molecule has 1 aromatic carbocycles. The maximum atomic E-state index is 11.9. The molecule has 0 saturated carbocycles. The van der Waals surface area contributed by atoms with Crippen molar-refractivity contribution in [1.82, 2.24) is 10.3 Å². The molecule has 0 atom stereocenters. The lowest BCUT2D eigenvalue weighted by atomic mass is 10.1. The van der Waals surface area contributed by atoms with Crippen molar-refractivity contribution in [2.24, 2.45) is 5.73 Å². The standard InChI is InChI=1S/C16H20N4O/c17-12-13-5-7-14(8-6-13)16(21)20-11-3-10-19-15-4-1-2-9-18-15/h1-2,4-9H,3,10-12,17H2,(H,18,19)(H,20,21). The zero-order valence-corrected chi connectivity index (χ0v) is 11.9. The van der Waals surface area contributed by atoms with Gasteiger partial charge in [0.05, 0.1) is 0 Å². The van der Waals surface area contributed by atoms with Crippen LogP contribution in [0.25, 0.3) is 0 Å². The number of hydrogen-bond acceptors (Lipinski definition) is 4. The summed E-state index contributed by atoms with van der Waals surface area (Å²) in [6.45, 7) is 1.88. The van der Waals surface area contributed by atoms with Crippen LogP contribution in [-0.2, 0) is 6.54 Å². The van der Waals surface area contributed by atoms with Crippen molar-refractivity contribution >= 4 is 11.7 Å². The number of nitrogens with zero attached hydrogens (tertiary/aromatic N) is 1. The number of aromatic nitrogens is 1. The normalized spacial score (nSPS) is 10.1. The molecule has 5 heteroatoms. The van der Waals surface area contributed by atoms with Gasteiger partial charge in [0, 0.05) is 31.4 Å². The highest BCUT2D eigenvalue weighted by molar-refractivity contribution is 5.94. The van der Waals surface area contributed by atoms with Crippen LogP contribution in [0.3, 0.4) is 0 Å². The highest BCUT2D eigenvalue weighted by Crippen LogP contribution is 2.03. The van der Waals surface area contributed by atoms with E-state index in [1.54, 1.807) is 18.3 Å². The molecule has 0 aliphatic carbocycles. The van der Waals surface area contributed by atoms with E-state index in [-0.39, 0.29) is 5.91 Å². The molecule has 4 N–H and O–H groups in total. The van der Waals surface area contributed by atoms with Gasteiger partial charge in [-0.1, -0.05) is 18.2 Å². The van der Waals surface area contributed by atoms with E-state index in [9.17, 15) is 4.79 Å². The van der Waals surface area contributed by atoms with E-state index < -0.39 is 0 Å². The molecule has 2 rings (SSSR count). The van der Waals surface area contributed by atoms with Crippen LogP contribution in [0.4, 0.5) is 5.82 Å². The molecule has 1 aromatic heterocycles. The molecular weight excluding hydrogens is 264 g/mol. The molecule has 0 unspecified atom stereocenters. The third-order valence-corrected chi connectivity index (χ3v) is 3.06. The van der Waals surface area contributed by atoms with Crippen LogP contribution in [0, 0.1) is 0 Å². The van der Waals surface area contributed by atoms with Gasteiger partial charge in [0.25, 0.3) is 5.91 Å². The summed E-state index contributed by atoms with van der Waals surface area (Å²) in [6, 6.07) is 13.1. The summed E-state index contributed by atoms with van der Waals surface area (Å²) < 4.78 is 0. The van der Waals surface area contributed by atoms with Gasteiger partial charge in [-0.25, -0.2) is 4.98 Å². The van der Waals surface area contributed by atoms with Gasteiger partial charge in [-0.3, -0.25) is 4.79 Å². The maximum Gasteiger partial charge on any atom is 0.251 e. The Balaban J connectivity index is 1.67. The topological polar surface area (TPSA) is 80.0 Å². The van der Waals surface area contributed by atoms with Crippen molar-refractivity contribution in [2.75, 3.05) is 18.4 Å². The minimum absolute atomic E-state index is 0.0589. The molecule has 5 nitrogen and oxygen atoms in total. The molecular formula is C16H20N4O. The second-order valence-corrected chi connectivity index (χ2v) is 4.65. The SMILES string of the molecule is NCc1ccc(C(=O)NCCCNc2ccccn2)cc1. The minimum atomic E-state index is -0.0589. The van der Waals surface area contributed by atoms with Crippen LogP contribution in [0.1, 0.15) is 22.3 Å². The number of carbonyl (C=O) groups excluding carboxylic acids is 1. The highest BCUT2D eigenvalue weighted by Gasteiger charge is 2.03. The monoisotopic (exact) mass is 284 g/mol. The Morgan fingerprint density at radius 3 is 2.57 bits per heavy atom. The molecule has 0 saturated heterocycles. The molecule has 0 aliphatic heterocycles. The highest BCUT2D eigenvalue weighted by atomic mass is 16.1. The number of hydrogen-bond donors (Lipinski definition) is 3. The zero-order valence-electron chi connectivity index (χ0n) is 11.9. The number of anilines is 1. The number of carbonyl (C=O) groups is 1. The molecule has 1 heterocycles. The van der Waals surface area contributed by atoms with Crippen molar-refractivity contribution in [3.05, 3.63) is 59.8 Å². The van der Waals surface area contributed by atoms with Gasteiger partial charge in [0.15, 0.2) is 0 Å². The van der Waals surface area contributed by atoms with Crippen LogP contribution < -0.4 is 16.4 Å². The van der Waals surface area contributed by atoms with Crippen molar-refractivity contribution in [3.63, 3.8) is 0 Å². The van der Waals surface area contributed by atoms with Crippen LogP contribution in [0.5, 0.6) is 0 Å². The smallest absolute Gasteiger partial charge is 0.251 e. The van der Waals surface area contributed by atoms with Crippen LogP contribution in [0.15, 0.2) is 48.7 Å². The number of pyridine rings is 1. The van der Waals surface area contributed by atoms with E-state index in [1.165, 1.54) is 0 Å². The summed E-state index contributed by atoms with van der Waals surface area (Å²) in [5.74, 6) is 0.789. The molecule has 0 aliphatic rings. The lowest BCUT2D eigenvalue weighted by Gasteiger charge is -2.07. The van der Waals surface area contributed by atoms with Crippen molar-refractivity contribution in [3.8, 4) is 0 Å². The average Bonchev–Trinajstić information content (AvgIpc) is 2.55. The fourth-order valence-corrected chi connectivity index (χ4v) is 1.87. The number of nitrogens with two attached hydrogens (primary N) is 1. The molecule has 1 amide bonds. The van der Waals surface area contributed by atoms with Gasteiger partial charge in [-0.05, 0) is 36.2 Å². The van der Waals surface area contributed by atoms with Gasteiger partial charge in [0.2, 0.25) is 0 Å². The van der Waals surface area contributed by atoms with Crippen molar-refractivity contribution in [1.29, 1.82) is 0 Å². The molecule has 110 valence electrons. The van der Waals surface area contributed by atoms with Gasteiger partial charge < -0.3 is 16.4 Å². The summed E-state index contributed by atoms with van der Waals surface area (Å²) >= 11 is 0. The first-order chi connectivity index (χ1) is 10.3. The summed E-state index contributed by atoms with van der Waals surface area (Å²) in [7, 11) is 0. The predicted molar refractivity (Wildman–Crippen MR) is 84.0 cm³/mol. The van der Waals surface area contributed by atoms with Gasteiger partial charge >= 0.3 is 0 Å². The molecule has 0 bridgehead atoms. The zero-order chi connectivity index (χ0) is 14.9. The Hall–Kier alpha value is -2.40. The fraction of sp³-hybridized carbons (Fsp3) is 0.250. The Bertz CT molecular complexity index is 554. The second kappa shape index (κ2) is 8.01. The number of nitrogens with one attached hydrogen (secondary N) is 2. The molecule has 0 fully saturated rings. The molecule has 2 aromatic rings. The predicted octanol–water partition coefficient (Wildman–Crippen LogP) is 1.77. The first-order valence-electron chi connectivity index (χ1n) is 7.01. The molecule has 21 heavy (non-hydrogen) atoms. The summed E-state index contributed by atoms with van der Waals surface area (Å²) in [5.41, 5.74) is 7.20. The van der Waals surface area contributed by atoms with Crippen molar-refractivity contribution in [2.45, 2.75) is 13.0 Å². The van der Waals surface area contributed by atoms with E-state index in [1.807, 2.05) is 30.3 Å². The van der Waals surface area contributed by atoms with E-state index in [2.05, 4.69) is 15.6 Å². The first-order valence-corrected chi connectivity index (χ1v) is 7.01. The van der Waals surface area contributed by atoms with Crippen LogP contribution in [-0.4, -0.2) is 24.0 Å². The largest absolute Gasteiger partial charge is 0.370 e. The van der Waals surface area contributed by atoms with Gasteiger partial charge in [-0.15, -0.1) is 0 Å². The Morgan fingerprint density at radius 2 is 1.90 bits per heavy atom.